The van der Waals surface area contributed by atoms with Gasteiger partial charge in [0.2, 0.25) is 0 Å². The number of carbonyl (C=O) groups is 1. The number of carbonyl (C=O) groups excluding carboxylic acids is 1. The van der Waals surface area contributed by atoms with Crippen molar-refractivity contribution in [2.45, 2.75) is 31.3 Å². The molecule has 4 atom stereocenters. The zero-order valence-electron chi connectivity index (χ0n) is 18.4. The van der Waals surface area contributed by atoms with E-state index in [2.05, 4.69) is 14.5 Å². The highest BCUT2D eigenvalue weighted by atomic mass is 35.5. The van der Waals surface area contributed by atoms with Gasteiger partial charge in [0.05, 0.1) is 24.3 Å². The summed E-state index contributed by atoms with van der Waals surface area (Å²) in [5.41, 5.74) is 1.98. The maximum Gasteiger partial charge on any atom is 0.333 e. The van der Waals surface area contributed by atoms with E-state index in [4.69, 9.17) is 16.7 Å². The third kappa shape index (κ3) is 6.24. The first-order valence-electron chi connectivity index (χ1n) is 10.8. The van der Waals surface area contributed by atoms with E-state index in [9.17, 15) is 22.7 Å². The monoisotopic (exact) mass is 522 g/mol. The van der Waals surface area contributed by atoms with Gasteiger partial charge in [-0.1, -0.05) is 23.7 Å². The van der Waals surface area contributed by atoms with E-state index in [0.717, 1.165) is 5.56 Å². The second-order valence-corrected chi connectivity index (χ2v) is 10.1. The Hall–Kier alpha value is -2.83. The fraction of sp³-hybridized carbons (Fsp3) is 0.304. The SMILES string of the molecule is NS(=O)(=O)OCC1CC(Nc2ccncc2C(=O)c2ccn(Cc3cccc(Cl)c3)c2)C(F)C1O. The Kier molecular flexibility index (Phi) is 7.53. The smallest absolute Gasteiger partial charge is 0.333 e. The van der Waals surface area contributed by atoms with Crippen LogP contribution in [0.5, 0.6) is 0 Å². The van der Waals surface area contributed by atoms with Gasteiger partial charge in [-0.15, -0.1) is 0 Å². The summed E-state index contributed by atoms with van der Waals surface area (Å²) >= 11 is 6.04. The number of hydrogen-bond donors (Lipinski definition) is 3. The topological polar surface area (TPSA) is 137 Å². The van der Waals surface area contributed by atoms with Crippen molar-refractivity contribution in [3.63, 3.8) is 0 Å². The predicted molar refractivity (Wildman–Crippen MR) is 128 cm³/mol. The van der Waals surface area contributed by atoms with Crippen molar-refractivity contribution < 1.29 is 26.9 Å². The number of hydrogen-bond acceptors (Lipinski definition) is 7. The minimum Gasteiger partial charge on any atom is -0.390 e. The van der Waals surface area contributed by atoms with E-state index in [1.165, 1.54) is 12.4 Å². The molecule has 0 bridgehead atoms. The molecule has 1 aromatic carbocycles. The quantitative estimate of drug-likeness (QED) is 0.367. The summed E-state index contributed by atoms with van der Waals surface area (Å²) in [7, 11) is -4.21. The van der Waals surface area contributed by atoms with Crippen LogP contribution in [0.1, 0.15) is 27.9 Å². The molecule has 9 nitrogen and oxygen atoms in total. The van der Waals surface area contributed by atoms with Gasteiger partial charge in [-0.25, -0.2) is 9.53 Å². The molecule has 12 heteroatoms. The Balaban J connectivity index is 1.47. The van der Waals surface area contributed by atoms with Gasteiger partial charge in [0.25, 0.3) is 0 Å². The van der Waals surface area contributed by atoms with Crippen molar-refractivity contribution in [1.29, 1.82) is 0 Å². The highest BCUT2D eigenvalue weighted by molar-refractivity contribution is 7.84. The fourth-order valence-corrected chi connectivity index (χ4v) is 4.73. The summed E-state index contributed by atoms with van der Waals surface area (Å²) < 4.78 is 43.2. The number of nitrogens with zero attached hydrogens (tertiary/aromatic N) is 2. The summed E-state index contributed by atoms with van der Waals surface area (Å²) in [6.07, 6.45) is 3.25. The first-order valence-corrected chi connectivity index (χ1v) is 12.6. The van der Waals surface area contributed by atoms with Crippen LogP contribution in [0, 0.1) is 5.92 Å². The highest BCUT2D eigenvalue weighted by Crippen LogP contribution is 2.33. The van der Waals surface area contributed by atoms with E-state index < -0.39 is 41.1 Å². The number of halogens is 2. The van der Waals surface area contributed by atoms with Crippen LogP contribution in [0.3, 0.4) is 0 Å². The van der Waals surface area contributed by atoms with Gasteiger partial charge in [0.15, 0.2) is 5.78 Å². The Bertz CT molecular complexity index is 1320. The molecule has 0 radical (unpaired) electrons. The van der Waals surface area contributed by atoms with Gasteiger partial charge in [-0.3, -0.25) is 14.0 Å². The number of nitrogens with two attached hydrogens (primary N) is 1. The van der Waals surface area contributed by atoms with E-state index in [1.54, 1.807) is 30.6 Å². The number of aliphatic hydroxyl groups excluding tert-OH is 1. The average molecular weight is 523 g/mol. The molecule has 0 saturated heterocycles. The second kappa shape index (κ2) is 10.4. The average Bonchev–Trinajstić information content (AvgIpc) is 3.37. The third-order valence-corrected chi connectivity index (χ3v) is 6.57. The molecule has 2 heterocycles. The molecule has 35 heavy (non-hydrogen) atoms. The van der Waals surface area contributed by atoms with Crippen molar-refractivity contribution in [2.75, 3.05) is 11.9 Å². The summed E-state index contributed by atoms with van der Waals surface area (Å²) in [6, 6.07) is 9.77. The fourth-order valence-electron chi connectivity index (χ4n) is 4.16. The summed E-state index contributed by atoms with van der Waals surface area (Å²) in [5, 5.41) is 18.6. The minimum absolute atomic E-state index is 0.0732. The van der Waals surface area contributed by atoms with Crippen LogP contribution in [0.2, 0.25) is 5.02 Å². The maximum atomic E-state index is 14.8. The molecule has 4 N–H and O–H groups in total. The zero-order valence-corrected chi connectivity index (χ0v) is 20.0. The lowest BCUT2D eigenvalue weighted by molar-refractivity contribution is 0.0501. The largest absolute Gasteiger partial charge is 0.390 e. The highest BCUT2D eigenvalue weighted by Gasteiger charge is 2.43. The Morgan fingerprint density at radius 1 is 1.34 bits per heavy atom. The third-order valence-electron chi connectivity index (χ3n) is 5.87. The lowest BCUT2D eigenvalue weighted by Gasteiger charge is -2.19. The minimum atomic E-state index is -4.21. The van der Waals surface area contributed by atoms with Gasteiger partial charge < -0.3 is 15.0 Å². The standard InChI is InChI=1S/C23H24ClFN4O5S/c24-17-3-1-2-14(8-17)11-29-7-5-15(12-29)22(30)18-10-27-6-4-19(18)28-20-9-16(23(31)21(20)25)13-34-35(26,32)33/h1-8,10,12,16,20-21,23,31H,9,11,13H2,(H,27,28)(H2,26,32,33). The van der Waals surface area contributed by atoms with Crippen LogP contribution in [0.4, 0.5) is 10.1 Å². The first-order chi connectivity index (χ1) is 16.6. The van der Waals surface area contributed by atoms with Crippen molar-refractivity contribution in [1.82, 2.24) is 9.55 Å². The van der Waals surface area contributed by atoms with Crippen molar-refractivity contribution in [3.05, 3.63) is 82.9 Å². The van der Waals surface area contributed by atoms with Crippen LogP contribution in [0.15, 0.2) is 61.2 Å². The second-order valence-electron chi connectivity index (χ2n) is 8.41. The van der Waals surface area contributed by atoms with Gasteiger partial charge >= 0.3 is 10.3 Å². The van der Waals surface area contributed by atoms with Gasteiger partial charge in [0, 0.05) is 53.5 Å². The van der Waals surface area contributed by atoms with Crippen molar-refractivity contribution in [3.8, 4) is 0 Å². The molecule has 4 rings (SSSR count). The molecule has 1 aliphatic rings. The molecule has 0 amide bonds. The number of aliphatic hydroxyl groups is 1. The molecule has 1 saturated carbocycles. The number of pyridine rings is 1. The molecule has 1 fully saturated rings. The van der Waals surface area contributed by atoms with E-state index in [-0.39, 0.29) is 17.8 Å². The van der Waals surface area contributed by atoms with E-state index >= 15 is 0 Å². The zero-order chi connectivity index (χ0) is 25.2. The molecule has 2 aromatic heterocycles. The number of rotatable bonds is 9. The van der Waals surface area contributed by atoms with Gasteiger partial charge in [-0.05, 0) is 36.2 Å². The van der Waals surface area contributed by atoms with Crippen molar-refractivity contribution >= 4 is 33.4 Å². The Labute approximate surface area is 206 Å². The van der Waals surface area contributed by atoms with Crippen LogP contribution < -0.4 is 10.5 Å². The number of anilines is 1. The predicted octanol–water partition coefficient (Wildman–Crippen LogP) is 2.54. The molecule has 4 unspecified atom stereocenters. The van der Waals surface area contributed by atoms with Gasteiger partial charge in [-0.2, -0.15) is 8.42 Å². The Morgan fingerprint density at radius 3 is 2.89 bits per heavy atom. The molecular weight excluding hydrogens is 499 g/mol. The first kappa shape index (κ1) is 25.3. The molecular formula is C23H24ClFN4O5S. The maximum absolute atomic E-state index is 14.8. The lowest BCUT2D eigenvalue weighted by Crippen LogP contribution is -2.32. The number of aromatic nitrogens is 2. The van der Waals surface area contributed by atoms with E-state index in [0.29, 0.717) is 22.8 Å². The van der Waals surface area contributed by atoms with Crippen molar-refractivity contribution in [2.24, 2.45) is 11.1 Å². The Morgan fingerprint density at radius 2 is 2.14 bits per heavy atom. The summed E-state index contributed by atoms with van der Waals surface area (Å²) in [5.74, 6) is -1.10. The van der Waals surface area contributed by atoms with Gasteiger partial charge in [0.1, 0.15) is 6.17 Å². The molecule has 3 aromatic rings. The van der Waals surface area contributed by atoms with Crippen LogP contribution in [-0.4, -0.2) is 53.8 Å². The van der Waals surface area contributed by atoms with Crippen LogP contribution >= 0.6 is 11.6 Å². The molecule has 0 aliphatic heterocycles. The van der Waals surface area contributed by atoms with Crippen LogP contribution in [0.25, 0.3) is 0 Å². The van der Waals surface area contributed by atoms with Crippen LogP contribution in [-0.2, 0) is 21.0 Å². The molecule has 186 valence electrons. The summed E-state index contributed by atoms with van der Waals surface area (Å²) in [6.45, 7) is 0.0817. The number of ketones is 1. The number of nitrogens with one attached hydrogen (secondary N) is 1. The number of alkyl halides is 1. The number of benzene rings is 1. The van der Waals surface area contributed by atoms with E-state index in [1.807, 2.05) is 22.8 Å². The summed E-state index contributed by atoms with van der Waals surface area (Å²) in [4.78, 5) is 17.3. The lowest BCUT2D eigenvalue weighted by atomic mass is 10.1. The molecule has 0 spiro atoms. The molecule has 1 aliphatic carbocycles. The normalized spacial score (nSPS) is 22.3.